The van der Waals surface area contributed by atoms with Crippen molar-refractivity contribution in [3.63, 3.8) is 0 Å². The minimum absolute atomic E-state index is 0.0525. The van der Waals surface area contributed by atoms with Crippen LogP contribution in [0.5, 0.6) is 11.5 Å². The fourth-order valence-electron chi connectivity index (χ4n) is 3.25. The summed E-state index contributed by atoms with van der Waals surface area (Å²) in [5.74, 6) is -1.50. The lowest BCUT2D eigenvalue weighted by Crippen LogP contribution is -2.39. The molecule has 1 rings (SSSR count). The van der Waals surface area contributed by atoms with Crippen LogP contribution < -0.4 is 15.2 Å². The molecule has 4 atom stereocenters. The first kappa shape index (κ1) is 34.9. The zero-order chi connectivity index (χ0) is 30.8. The minimum Gasteiger partial charge on any atom is -0.458 e. The van der Waals surface area contributed by atoms with Crippen LogP contribution in [0.25, 0.3) is 0 Å². The third-order valence-electron chi connectivity index (χ3n) is 5.68. The minimum atomic E-state index is -1.06. The molecule has 0 aliphatic carbocycles. The number of hydrogen-bond acceptors (Lipinski definition) is 10. The van der Waals surface area contributed by atoms with Crippen molar-refractivity contribution in [2.45, 2.75) is 119 Å². The van der Waals surface area contributed by atoms with Gasteiger partial charge in [0, 0.05) is 0 Å². The van der Waals surface area contributed by atoms with Gasteiger partial charge in [-0.25, -0.2) is 4.79 Å². The monoisotopic (exact) mass is 565 g/mol. The van der Waals surface area contributed by atoms with Crippen LogP contribution in [0.1, 0.15) is 94.1 Å². The summed E-state index contributed by atoms with van der Waals surface area (Å²) in [6, 6.07) is 3.60. The van der Waals surface area contributed by atoms with E-state index in [-0.39, 0.29) is 47.7 Å². The van der Waals surface area contributed by atoms with E-state index in [1.807, 2.05) is 48.5 Å². The van der Waals surface area contributed by atoms with E-state index >= 15 is 0 Å². The van der Waals surface area contributed by atoms with Crippen LogP contribution in [0.3, 0.4) is 0 Å². The molecule has 0 saturated heterocycles. The van der Waals surface area contributed by atoms with Crippen molar-refractivity contribution in [1.82, 2.24) is 0 Å². The van der Waals surface area contributed by atoms with Crippen molar-refractivity contribution in [2.75, 3.05) is 0 Å². The van der Waals surface area contributed by atoms with E-state index in [4.69, 9.17) is 29.4 Å². The van der Waals surface area contributed by atoms with E-state index in [9.17, 15) is 19.2 Å². The van der Waals surface area contributed by atoms with Crippen LogP contribution in [-0.4, -0.2) is 48.4 Å². The number of benzene rings is 1. The van der Waals surface area contributed by atoms with Gasteiger partial charge in [0.25, 0.3) is 0 Å². The molecule has 0 heterocycles. The highest BCUT2D eigenvalue weighted by molar-refractivity contribution is 5.78. The molecule has 0 bridgehead atoms. The Kier molecular flexibility index (Phi) is 13.1. The van der Waals surface area contributed by atoms with Gasteiger partial charge in [0.15, 0.2) is 11.5 Å². The number of rotatable bonds is 12. The predicted octanol–water partition coefficient (Wildman–Crippen LogP) is 5.51. The molecule has 10 nitrogen and oxygen atoms in total. The molecule has 0 amide bonds. The van der Waals surface area contributed by atoms with E-state index in [1.54, 1.807) is 26.8 Å². The van der Waals surface area contributed by atoms with Gasteiger partial charge in [-0.15, -0.1) is 0 Å². The molecule has 0 spiro atoms. The first-order valence-corrected chi connectivity index (χ1v) is 13.7. The average Bonchev–Trinajstić information content (AvgIpc) is 2.77. The van der Waals surface area contributed by atoms with Gasteiger partial charge >= 0.3 is 24.1 Å². The largest absolute Gasteiger partial charge is 0.508 e. The van der Waals surface area contributed by atoms with Gasteiger partial charge in [-0.05, 0) is 62.1 Å². The number of ether oxygens (including phenoxy) is 5. The number of carbonyl (C=O) groups excluding carboxylic acids is 4. The summed E-state index contributed by atoms with van der Waals surface area (Å²) >= 11 is 0. The second kappa shape index (κ2) is 15.0. The van der Waals surface area contributed by atoms with Gasteiger partial charge in [0.1, 0.15) is 24.4 Å². The molecule has 2 N–H and O–H groups in total. The molecule has 0 saturated carbocycles. The molecule has 40 heavy (non-hydrogen) atoms. The highest BCUT2D eigenvalue weighted by Crippen LogP contribution is 2.32. The Morgan fingerprint density at radius 3 is 1.77 bits per heavy atom. The van der Waals surface area contributed by atoms with Gasteiger partial charge in [-0.2, -0.15) is 0 Å². The van der Waals surface area contributed by atoms with Crippen LogP contribution >= 0.6 is 0 Å². The fourth-order valence-corrected chi connectivity index (χ4v) is 3.25. The van der Waals surface area contributed by atoms with Gasteiger partial charge in [0.05, 0.1) is 12.8 Å². The molecule has 1 unspecified atom stereocenters. The third kappa shape index (κ3) is 13.8. The second-order valence-electron chi connectivity index (χ2n) is 12.6. The van der Waals surface area contributed by atoms with Crippen LogP contribution in [-0.2, 0) is 35.0 Å². The maximum absolute atomic E-state index is 12.7. The third-order valence-corrected chi connectivity index (χ3v) is 5.68. The number of esters is 3. The summed E-state index contributed by atoms with van der Waals surface area (Å²) in [4.78, 5) is 49.5. The first-order chi connectivity index (χ1) is 18.3. The zero-order valence-corrected chi connectivity index (χ0v) is 25.6. The summed E-state index contributed by atoms with van der Waals surface area (Å²) in [6.45, 7) is 18.2. The zero-order valence-electron chi connectivity index (χ0n) is 25.6. The van der Waals surface area contributed by atoms with Gasteiger partial charge < -0.3 is 29.4 Å². The molecular formula is C30H47NO9. The quantitative estimate of drug-likeness (QED) is 0.255. The number of hydrogen-bond donors (Lipinski definition) is 1. The molecule has 0 fully saturated rings. The summed E-state index contributed by atoms with van der Waals surface area (Å²) in [5, 5.41) is 0. The average molecular weight is 566 g/mol. The van der Waals surface area contributed by atoms with Crippen LogP contribution in [0.2, 0.25) is 0 Å². The molecule has 0 radical (unpaired) electrons. The Morgan fingerprint density at radius 1 is 0.775 bits per heavy atom. The van der Waals surface area contributed by atoms with Crippen molar-refractivity contribution < 1.29 is 42.9 Å². The highest BCUT2D eigenvalue weighted by atomic mass is 16.7. The Morgan fingerprint density at radius 2 is 1.27 bits per heavy atom. The van der Waals surface area contributed by atoms with Crippen molar-refractivity contribution >= 4 is 24.1 Å². The van der Waals surface area contributed by atoms with Crippen molar-refractivity contribution in [1.29, 1.82) is 0 Å². The number of nitrogens with two attached hydrogens (primary N) is 1. The van der Waals surface area contributed by atoms with Crippen LogP contribution in [0.15, 0.2) is 18.2 Å². The van der Waals surface area contributed by atoms with E-state index < -0.39 is 42.3 Å². The van der Waals surface area contributed by atoms with Crippen molar-refractivity contribution in [3.8, 4) is 11.5 Å². The SMILES string of the molecule is CCC(C)OC(=O)O[C@@H](C)[C@H](C)OC(=O)[C@@H](N)Cc1ccc(OC(=O)CC(C)(C)C)c(OC(=O)CC(C)(C)C)c1. The summed E-state index contributed by atoms with van der Waals surface area (Å²) in [5.41, 5.74) is 6.06. The molecule has 0 aromatic heterocycles. The lowest BCUT2D eigenvalue weighted by Gasteiger charge is -2.23. The Balaban J connectivity index is 2.96. The van der Waals surface area contributed by atoms with Gasteiger partial charge in [-0.1, -0.05) is 54.5 Å². The second-order valence-corrected chi connectivity index (χ2v) is 12.6. The fraction of sp³-hybridized carbons (Fsp3) is 0.667. The molecule has 0 aliphatic heterocycles. The van der Waals surface area contributed by atoms with E-state index in [0.717, 1.165) is 0 Å². The molecular weight excluding hydrogens is 518 g/mol. The van der Waals surface area contributed by atoms with E-state index in [1.165, 1.54) is 12.1 Å². The van der Waals surface area contributed by atoms with E-state index in [2.05, 4.69) is 0 Å². The Labute approximate surface area is 238 Å². The molecule has 1 aromatic carbocycles. The maximum atomic E-state index is 12.7. The smallest absolute Gasteiger partial charge is 0.458 e. The standard InChI is InChI=1S/C30H47NO9/c1-11-18(2)36-28(35)38-20(4)19(3)37-27(34)22(31)14-21-12-13-23(39-25(32)16-29(5,6)7)24(15-21)40-26(33)17-30(8,9)10/h12-13,15,18-20,22H,11,14,16-17,31H2,1-10H3/t18?,19-,20-,22-/m0/s1. The summed E-state index contributed by atoms with van der Waals surface area (Å²) in [7, 11) is 0. The maximum Gasteiger partial charge on any atom is 0.508 e. The lowest BCUT2D eigenvalue weighted by atomic mass is 9.92. The number of carbonyl (C=O) groups is 4. The van der Waals surface area contributed by atoms with E-state index in [0.29, 0.717) is 12.0 Å². The van der Waals surface area contributed by atoms with Gasteiger partial charge in [-0.3, -0.25) is 14.4 Å². The lowest BCUT2D eigenvalue weighted by molar-refractivity contribution is -0.155. The first-order valence-electron chi connectivity index (χ1n) is 13.7. The van der Waals surface area contributed by atoms with Crippen molar-refractivity contribution in [3.05, 3.63) is 23.8 Å². The van der Waals surface area contributed by atoms with Crippen LogP contribution in [0.4, 0.5) is 4.79 Å². The van der Waals surface area contributed by atoms with Gasteiger partial charge in [0.2, 0.25) is 0 Å². The summed E-state index contributed by atoms with van der Waals surface area (Å²) < 4.78 is 26.7. The summed E-state index contributed by atoms with van der Waals surface area (Å²) in [6.07, 6.45) is -1.68. The molecule has 226 valence electrons. The molecule has 10 heteroatoms. The Hall–Kier alpha value is -3.14. The normalized spacial score (nSPS) is 14.8. The topological polar surface area (TPSA) is 140 Å². The Bertz CT molecular complexity index is 1020. The molecule has 0 aliphatic rings. The van der Waals surface area contributed by atoms with Crippen molar-refractivity contribution in [2.24, 2.45) is 16.6 Å². The predicted molar refractivity (Wildman–Crippen MR) is 150 cm³/mol. The molecule has 1 aromatic rings. The highest BCUT2D eigenvalue weighted by Gasteiger charge is 2.26. The van der Waals surface area contributed by atoms with Crippen LogP contribution in [0, 0.1) is 10.8 Å².